The zero-order chi connectivity index (χ0) is 9.57. The molecule has 0 aromatic rings. The van der Waals surface area contributed by atoms with E-state index in [2.05, 4.69) is 0 Å². The van der Waals surface area contributed by atoms with E-state index in [0.717, 1.165) is 0 Å². The molecule has 0 radical (unpaired) electrons. The standard InChI is InChI=1S/C9H14O3/c1-8(2)4-6(10)5-9(8,3)7(11)12/h4-5H2,1-3H3,(H,11,12)/t9-/m0/s1. The summed E-state index contributed by atoms with van der Waals surface area (Å²) in [5, 5.41) is 8.97. The Labute approximate surface area is 71.8 Å². The maximum atomic E-state index is 11.1. The van der Waals surface area contributed by atoms with Crippen LogP contribution >= 0.6 is 0 Å². The van der Waals surface area contributed by atoms with E-state index >= 15 is 0 Å². The van der Waals surface area contributed by atoms with E-state index in [1.54, 1.807) is 6.92 Å². The molecule has 1 aliphatic rings. The van der Waals surface area contributed by atoms with Crippen LogP contribution in [-0.2, 0) is 9.59 Å². The minimum absolute atomic E-state index is 0.0601. The number of Topliss-reactive ketones (excluding diaryl/α,β-unsaturated/α-hetero) is 1. The number of aliphatic carboxylic acids is 1. The number of rotatable bonds is 1. The van der Waals surface area contributed by atoms with E-state index < -0.39 is 16.8 Å². The molecule has 68 valence electrons. The van der Waals surface area contributed by atoms with Gasteiger partial charge in [0.1, 0.15) is 5.78 Å². The first-order valence-electron chi connectivity index (χ1n) is 4.05. The smallest absolute Gasteiger partial charge is 0.310 e. The van der Waals surface area contributed by atoms with Gasteiger partial charge in [-0.15, -0.1) is 0 Å². The Balaban J connectivity index is 3.05. The monoisotopic (exact) mass is 170 g/mol. The predicted octanol–water partition coefficient (Wildman–Crippen LogP) is 1.47. The summed E-state index contributed by atoms with van der Waals surface area (Å²) in [6.07, 6.45) is 0.561. The molecule has 1 atom stereocenters. The van der Waals surface area contributed by atoms with Crippen molar-refractivity contribution in [2.75, 3.05) is 0 Å². The average Bonchev–Trinajstić information content (AvgIpc) is 2.02. The first kappa shape index (κ1) is 9.23. The highest BCUT2D eigenvalue weighted by atomic mass is 16.4. The summed E-state index contributed by atoms with van der Waals surface area (Å²) in [6, 6.07) is 0. The fourth-order valence-electron chi connectivity index (χ4n) is 1.75. The summed E-state index contributed by atoms with van der Waals surface area (Å²) in [5.41, 5.74) is -1.28. The molecule has 3 nitrogen and oxygen atoms in total. The van der Waals surface area contributed by atoms with Crippen molar-refractivity contribution in [1.29, 1.82) is 0 Å². The SMILES string of the molecule is CC1(C)CC(=O)C[C@@]1(C)C(=O)O. The quantitative estimate of drug-likeness (QED) is 0.648. The van der Waals surface area contributed by atoms with Crippen molar-refractivity contribution in [3.05, 3.63) is 0 Å². The predicted molar refractivity (Wildman–Crippen MR) is 43.8 cm³/mol. The highest BCUT2D eigenvalue weighted by Gasteiger charge is 2.54. The maximum Gasteiger partial charge on any atom is 0.310 e. The second-order valence-corrected chi connectivity index (χ2v) is 4.41. The molecule has 1 fully saturated rings. The topological polar surface area (TPSA) is 54.4 Å². The van der Waals surface area contributed by atoms with Gasteiger partial charge >= 0.3 is 5.97 Å². The molecule has 1 rings (SSSR count). The third kappa shape index (κ3) is 1.04. The van der Waals surface area contributed by atoms with Crippen LogP contribution in [0.15, 0.2) is 0 Å². The molecule has 0 heterocycles. The highest BCUT2D eigenvalue weighted by molar-refractivity contribution is 5.91. The number of hydrogen-bond donors (Lipinski definition) is 1. The molecule has 0 aliphatic heterocycles. The Bertz CT molecular complexity index is 242. The van der Waals surface area contributed by atoms with Gasteiger partial charge in [-0.1, -0.05) is 13.8 Å². The van der Waals surface area contributed by atoms with Crippen molar-refractivity contribution < 1.29 is 14.7 Å². The van der Waals surface area contributed by atoms with Crippen LogP contribution in [0.3, 0.4) is 0 Å². The lowest BCUT2D eigenvalue weighted by Crippen LogP contribution is -2.37. The van der Waals surface area contributed by atoms with Gasteiger partial charge in [0.05, 0.1) is 5.41 Å². The molecule has 0 saturated heterocycles. The van der Waals surface area contributed by atoms with Crippen LogP contribution in [0.2, 0.25) is 0 Å². The van der Waals surface area contributed by atoms with Crippen molar-refractivity contribution in [3.63, 3.8) is 0 Å². The fraction of sp³-hybridized carbons (Fsp3) is 0.778. The molecule has 12 heavy (non-hydrogen) atoms. The summed E-state index contributed by atoms with van der Waals surface area (Å²) < 4.78 is 0. The first-order valence-corrected chi connectivity index (χ1v) is 4.05. The first-order chi connectivity index (χ1) is 5.29. The van der Waals surface area contributed by atoms with E-state index in [-0.39, 0.29) is 12.2 Å². The Morgan fingerprint density at radius 1 is 1.33 bits per heavy atom. The van der Waals surface area contributed by atoms with Crippen molar-refractivity contribution in [1.82, 2.24) is 0 Å². The molecule has 1 N–H and O–H groups in total. The van der Waals surface area contributed by atoms with Crippen LogP contribution in [0, 0.1) is 10.8 Å². The van der Waals surface area contributed by atoms with E-state index in [9.17, 15) is 9.59 Å². The summed E-state index contributed by atoms with van der Waals surface area (Å²) >= 11 is 0. The Hall–Kier alpha value is -0.860. The third-order valence-corrected chi connectivity index (χ3v) is 3.16. The molecule has 0 amide bonds. The normalized spacial score (nSPS) is 33.8. The van der Waals surface area contributed by atoms with Gasteiger partial charge in [0, 0.05) is 12.8 Å². The van der Waals surface area contributed by atoms with Crippen LogP contribution in [0.1, 0.15) is 33.6 Å². The molecule has 1 aliphatic carbocycles. The summed E-state index contributed by atoms with van der Waals surface area (Å²) in [7, 11) is 0. The summed E-state index contributed by atoms with van der Waals surface area (Å²) in [6.45, 7) is 5.33. The number of carbonyl (C=O) groups is 2. The second-order valence-electron chi connectivity index (χ2n) is 4.41. The van der Waals surface area contributed by atoms with E-state index in [1.165, 1.54) is 0 Å². The molecule has 0 aromatic heterocycles. The maximum absolute atomic E-state index is 11.1. The molecule has 1 saturated carbocycles. The van der Waals surface area contributed by atoms with E-state index in [1.807, 2.05) is 13.8 Å². The van der Waals surface area contributed by atoms with Gasteiger partial charge in [-0.25, -0.2) is 0 Å². The van der Waals surface area contributed by atoms with Crippen molar-refractivity contribution in [2.45, 2.75) is 33.6 Å². The summed E-state index contributed by atoms with van der Waals surface area (Å²) in [4.78, 5) is 22.0. The lowest BCUT2D eigenvalue weighted by molar-refractivity contribution is -0.153. The van der Waals surface area contributed by atoms with E-state index in [0.29, 0.717) is 6.42 Å². The third-order valence-electron chi connectivity index (χ3n) is 3.16. The molecule has 0 spiro atoms. The zero-order valence-electron chi connectivity index (χ0n) is 7.68. The second kappa shape index (κ2) is 2.31. The average molecular weight is 170 g/mol. The zero-order valence-corrected chi connectivity index (χ0v) is 7.68. The minimum atomic E-state index is -0.871. The Morgan fingerprint density at radius 2 is 1.83 bits per heavy atom. The van der Waals surface area contributed by atoms with Gasteiger partial charge in [-0.3, -0.25) is 9.59 Å². The van der Waals surface area contributed by atoms with Crippen LogP contribution < -0.4 is 0 Å². The Morgan fingerprint density at radius 3 is 2.00 bits per heavy atom. The lowest BCUT2D eigenvalue weighted by atomic mass is 9.69. The molecule has 3 heteroatoms. The van der Waals surface area contributed by atoms with Crippen molar-refractivity contribution in [3.8, 4) is 0 Å². The largest absolute Gasteiger partial charge is 0.481 e. The van der Waals surface area contributed by atoms with Gasteiger partial charge < -0.3 is 5.11 Å². The van der Waals surface area contributed by atoms with Crippen LogP contribution in [-0.4, -0.2) is 16.9 Å². The number of carboxylic acids is 1. The fourth-order valence-corrected chi connectivity index (χ4v) is 1.75. The van der Waals surface area contributed by atoms with Crippen LogP contribution in [0.4, 0.5) is 0 Å². The van der Waals surface area contributed by atoms with Crippen molar-refractivity contribution in [2.24, 2.45) is 10.8 Å². The molecule has 0 aromatic carbocycles. The van der Waals surface area contributed by atoms with Gasteiger partial charge in [0.25, 0.3) is 0 Å². The van der Waals surface area contributed by atoms with Gasteiger partial charge in [-0.2, -0.15) is 0 Å². The minimum Gasteiger partial charge on any atom is -0.481 e. The Kier molecular flexibility index (Phi) is 1.78. The highest BCUT2D eigenvalue weighted by Crippen LogP contribution is 2.50. The summed E-state index contributed by atoms with van der Waals surface area (Å²) in [5.74, 6) is -0.803. The molecular formula is C9H14O3. The van der Waals surface area contributed by atoms with Gasteiger partial charge in [0.2, 0.25) is 0 Å². The lowest BCUT2D eigenvalue weighted by Gasteiger charge is -2.32. The van der Waals surface area contributed by atoms with Crippen LogP contribution in [0.5, 0.6) is 0 Å². The van der Waals surface area contributed by atoms with Crippen LogP contribution in [0.25, 0.3) is 0 Å². The number of ketones is 1. The number of carbonyl (C=O) groups excluding carboxylic acids is 1. The number of carboxylic acid groups (broad SMARTS) is 1. The molecule has 0 unspecified atom stereocenters. The van der Waals surface area contributed by atoms with E-state index in [4.69, 9.17) is 5.11 Å². The van der Waals surface area contributed by atoms with Gasteiger partial charge in [-0.05, 0) is 12.3 Å². The molecule has 0 bridgehead atoms. The molecular weight excluding hydrogens is 156 g/mol. The number of hydrogen-bond acceptors (Lipinski definition) is 2. The van der Waals surface area contributed by atoms with Gasteiger partial charge in [0.15, 0.2) is 0 Å². The van der Waals surface area contributed by atoms with Crippen molar-refractivity contribution >= 4 is 11.8 Å².